The van der Waals surface area contributed by atoms with E-state index in [2.05, 4.69) is 0 Å². The van der Waals surface area contributed by atoms with Crippen LogP contribution in [0, 0.1) is 17.3 Å². The van der Waals surface area contributed by atoms with Gasteiger partial charge in [-0.3, -0.25) is 9.59 Å². The largest absolute Gasteiger partial charge is 0.481 e. The third-order valence-corrected chi connectivity index (χ3v) is 4.91. The maximum Gasteiger partial charge on any atom is 0.307 e. The fourth-order valence-electron chi connectivity index (χ4n) is 3.94. The van der Waals surface area contributed by atoms with Gasteiger partial charge in [-0.2, -0.15) is 0 Å². The van der Waals surface area contributed by atoms with E-state index in [4.69, 9.17) is 9.47 Å². The van der Waals surface area contributed by atoms with Crippen LogP contribution in [0.25, 0.3) is 0 Å². The Labute approximate surface area is 117 Å². The molecule has 0 aromatic carbocycles. The quantitative estimate of drug-likeness (QED) is 0.709. The van der Waals surface area contributed by atoms with Crippen molar-refractivity contribution in [2.75, 3.05) is 13.2 Å². The van der Waals surface area contributed by atoms with E-state index in [1.54, 1.807) is 0 Å². The Balaban J connectivity index is 1.89. The number of carboxylic acid groups (broad SMARTS) is 2. The predicted molar refractivity (Wildman–Crippen MR) is 67.2 cm³/mol. The summed E-state index contributed by atoms with van der Waals surface area (Å²) in [7, 11) is 0. The van der Waals surface area contributed by atoms with E-state index in [-0.39, 0.29) is 12.2 Å². The summed E-state index contributed by atoms with van der Waals surface area (Å²) in [4.78, 5) is 23.2. The van der Waals surface area contributed by atoms with E-state index in [9.17, 15) is 19.8 Å². The fraction of sp³-hybridized carbons (Fsp3) is 0.857. The van der Waals surface area contributed by atoms with Gasteiger partial charge in [-0.15, -0.1) is 0 Å². The summed E-state index contributed by atoms with van der Waals surface area (Å²) in [5.41, 5.74) is -0.491. The van der Waals surface area contributed by atoms with Crippen molar-refractivity contribution in [1.82, 2.24) is 0 Å². The van der Waals surface area contributed by atoms with Gasteiger partial charge in [-0.25, -0.2) is 0 Å². The molecule has 112 valence electrons. The highest BCUT2D eigenvalue weighted by atomic mass is 16.6. The van der Waals surface area contributed by atoms with Crippen LogP contribution in [0.3, 0.4) is 0 Å². The van der Waals surface area contributed by atoms with E-state index in [1.807, 2.05) is 0 Å². The van der Waals surface area contributed by atoms with Crippen LogP contribution in [0.1, 0.15) is 32.1 Å². The Hall–Kier alpha value is -1.14. The highest BCUT2D eigenvalue weighted by molar-refractivity contribution is 5.81. The van der Waals surface area contributed by atoms with Gasteiger partial charge in [0, 0.05) is 0 Å². The van der Waals surface area contributed by atoms with E-state index < -0.39 is 29.2 Å². The van der Waals surface area contributed by atoms with Crippen LogP contribution >= 0.6 is 0 Å². The van der Waals surface area contributed by atoms with Crippen molar-refractivity contribution in [3.05, 3.63) is 0 Å². The summed E-state index contributed by atoms with van der Waals surface area (Å²) in [6.07, 6.45) is 3.46. The molecule has 3 aliphatic rings. The smallest absolute Gasteiger partial charge is 0.307 e. The molecule has 4 unspecified atom stereocenters. The zero-order chi connectivity index (χ0) is 14.3. The van der Waals surface area contributed by atoms with Gasteiger partial charge in [-0.1, -0.05) is 6.42 Å². The number of ether oxygens (including phenoxy) is 2. The van der Waals surface area contributed by atoms with Crippen molar-refractivity contribution in [2.24, 2.45) is 17.3 Å². The Morgan fingerprint density at radius 3 is 2.00 bits per heavy atom. The molecule has 2 saturated heterocycles. The van der Waals surface area contributed by atoms with Crippen molar-refractivity contribution in [3.63, 3.8) is 0 Å². The molecule has 0 radical (unpaired) electrons. The normalized spacial score (nSPS) is 43.0. The highest BCUT2D eigenvalue weighted by Gasteiger charge is 2.55. The monoisotopic (exact) mass is 284 g/mol. The van der Waals surface area contributed by atoms with Crippen molar-refractivity contribution in [2.45, 2.75) is 44.3 Å². The van der Waals surface area contributed by atoms with Gasteiger partial charge in [0.1, 0.15) is 0 Å². The van der Waals surface area contributed by atoms with Gasteiger partial charge < -0.3 is 19.7 Å². The molecule has 4 atom stereocenters. The molecule has 0 bridgehead atoms. The molecule has 0 amide bonds. The van der Waals surface area contributed by atoms with Crippen molar-refractivity contribution >= 4 is 11.9 Å². The Morgan fingerprint density at radius 2 is 1.60 bits per heavy atom. The van der Waals surface area contributed by atoms with Gasteiger partial charge in [0.25, 0.3) is 0 Å². The zero-order valence-corrected chi connectivity index (χ0v) is 11.3. The minimum Gasteiger partial charge on any atom is -0.481 e. The Morgan fingerprint density at radius 1 is 1.05 bits per heavy atom. The van der Waals surface area contributed by atoms with E-state index in [0.29, 0.717) is 32.5 Å². The molecule has 0 aromatic heterocycles. The molecule has 2 N–H and O–H groups in total. The van der Waals surface area contributed by atoms with Crippen LogP contribution in [-0.2, 0) is 19.1 Å². The first-order valence-electron chi connectivity index (χ1n) is 7.21. The summed E-state index contributed by atoms with van der Waals surface area (Å²) in [6, 6.07) is 0. The van der Waals surface area contributed by atoms with Crippen molar-refractivity contribution in [3.8, 4) is 0 Å². The second-order valence-electron chi connectivity index (χ2n) is 6.33. The molecular weight excluding hydrogens is 264 g/mol. The lowest BCUT2D eigenvalue weighted by atomic mass is 9.57. The first kappa shape index (κ1) is 13.8. The zero-order valence-electron chi connectivity index (χ0n) is 11.3. The van der Waals surface area contributed by atoms with Crippen molar-refractivity contribution < 1.29 is 29.3 Å². The predicted octanol–water partition coefficient (Wildman–Crippen LogP) is 1.14. The number of hydrogen-bond acceptors (Lipinski definition) is 4. The van der Waals surface area contributed by atoms with Crippen LogP contribution in [-0.4, -0.2) is 47.6 Å². The number of carboxylic acids is 2. The molecule has 1 aliphatic carbocycles. The lowest BCUT2D eigenvalue weighted by Gasteiger charge is -2.44. The van der Waals surface area contributed by atoms with E-state index in [0.717, 1.165) is 12.8 Å². The minimum atomic E-state index is -0.991. The SMILES string of the molecule is O=C(O)C1CCCC(CC2CO2)(CC2CO2)C1C(=O)O. The van der Waals surface area contributed by atoms with E-state index >= 15 is 0 Å². The molecule has 1 saturated carbocycles. The van der Waals surface area contributed by atoms with Crippen LogP contribution < -0.4 is 0 Å². The summed E-state index contributed by atoms with van der Waals surface area (Å²) in [5, 5.41) is 19.0. The second kappa shape index (κ2) is 5.00. The summed E-state index contributed by atoms with van der Waals surface area (Å²) >= 11 is 0. The summed E-state index contributed by atoms with van der Waals surface area (Å²) in [6.45, 7) is 1.33. The fourth-order valence-corrected chi connectivity index (χ4v) is 3.94. The Kier molecular flexibility index (Phi) is 3.46. The lowest BCUT2D eigenvalue weighted by Crippen LogP contribution is -2.48. The Bertz CT molecular complexity index is 398. The highest BCUT2D eigenvalue weighted by Crippen LogP contribution is 2.53. The molecule has 20 heavy (non-hydrogen) atoms. The van der Waals surface area contributed by atoms with Gasteiger partial charge in [0.05, 0.1) is 37.3 Å². The number of epoxide rings is 2. The summed E-state index contributed by atoms with van der Waals surface area (Å²) < 4.78 is 10.6. The topological polar surface area (TPSA) is 99.7 Å². The number of rotatable bonds is 6. The maximum absolute atomic E-state index is 11.7. The molecule has 0 spiro atoms. The standard InChI is InChI=1S/C14H20O6/c15-12(16)10-2-1-3-14(4-8-6-19-8,5-9-7-20-9)11(10)13(17)18/h8-11H,1-7H2,(H,15,16)(H,17,18). The van der Waals surface area contributed by atoms with Crippen LogP contribution in [0.5, 0.6) is 0 Å². The van der Waals surface area contributed by atoms with Crippen LogP contribution in [0.15, 0.2) is 0 Å². The van der Waals surface area contributed by atoms with Crippen LogP contribution in [0.4, 0.5) is 0 Å². The van der Waals surface area contributed by atoms with Gasteiger partial charge >= 0.3 is 11.9 Å². The van der Waals surface area contributed by atoms with Crippen molar-refractivity contribution in [1.29, 1.82) is 0 Å². The third-order valence-electron chi connectivity index (χ3n) is 4.91. The molecular formula is C14H20O6. The maximum atomic E-state index is 11.7. The average molecular weight is 284 g/mol. The minimum absolute atomic E-state index is 0.100. The number of aliphatic carboxylic acids is 2. The first-order valence-corrected chi connectivity index (χ1v) is 7.21. The molecule has 3 fully saturated rings. The van der Waals surface area contributed by atoms with Gasteiger partial charge in [0.15, 0.2) is 0 Å². The molecule has 0 aromatic rings. The molecule has 6 heteroatoms. The first-order chi connectivity index (χ1) is 9.52. The molecule has 2 heterocycles. The second-order valence-corrected chi connectivity index (χ2v) is 6.33. The summed E-state index contributed by atoms with van der Waals surface area (Å²) in [5.74, 6) is -3.60. The number of hydrogen-bond donors (Lipinski definition) is 2. The molecule has 6 nitrogen and oxygen atoms in total. The lowest BCUT2D eigenvalue weighted by molar-refractivity contribution is -0.165. The van der Waals surface area contributed by atoms with Gasteiger partial charge in [-0.05, 0) is 31.1 Å². The van der Waals surface area contributed by atoms with Crippen LogP contribution in [0.2, 0.25) is 0 Å². The molecule has 2 aliphatic heterocycles. The van der Waals surface area contributed by atoms with E-state index in [1.165, 1.54) is 0 Å². The average Bonchev–Trinajstić information content (AvgIpc) is 3.25. The molecule has 3 rings (SSSR count). The number of carbonyl (C=O) groups is 2. The van der Waals surface area contributed by atoms with Gasteiger partial charge in [0.2, 0.25) is 0 Å². The third kappa shape index (κ3) is 2.67.